The molecule has 0 unspecified atom stereocenters. The van der Waals surface area contributed by atoms with Gasteiger partial charge in [-0.2, -0.15) is 0 Å². The molecule has 1 heteroatoms. The van der Waals surface area contributed by atoms with Crippen LogP contribution in [0.1, 0.15) is 60.0 Å². The van der Waals surface area contributed by atoms with Gasteiger partial charge in [-0.15, -0.1) is 0 Å². The van der Waals surface area contributed by atoms with Gasteiger partial charge in [-0.05, 0) is 43.9 Å². The predicted octanol–water partition coefficient (Wildman–Crippen LogP) is 4.46. The second kappa shape index (κ2) is 5.48. The number of rotatable bonds is 2. The first-order valence-corrected chi connectivity index (χ1v) is 6.80. The summed E-state index contributed by atoms with van der Waals surface area (Å²) >= 11 is 0. The average Bonchev–Trinajstić information content (AvgIpc) is 2.60. The van der Waals surface area contributed by atoms with Crippen LogP contribution in [0, 0.1) is 19.8 Å². The predicted molar refractivity (Wildman–Crippen MR) is 71.4 cm³/mol. The maximum absolute atomic E-state index is 12.4. The van der Waals surface area contributed by atoms with Crippen molar-refractivity contribution in [2.45, 2.75) is 52.4 Å². The fourth-order valence-corrected chi connectivity index (χ4v) is 2.67. The molecule has 0 amide bonds. The fourth-order valence-electron chi connectivity index (χ4n) is 2.67. The minimum Gasteiger partial charge on any atom is -0.294 e. The lowest BCUT2D eigenvalue weighted by molar-refractivity contribution is 0.0908. The number of ketones is 1. The number of benzene rings is 1. The van der Waals surface area contributed by atoms with Gasteiger partial charge < -0.3 is 0 Å². The number of carbonyl (C=O) groups is 1. The molecule has 17 heavy (non-hydrogen) atoms. The normalized spacial score (nSPS) is 17.8. The first-order valence-electron chi connectivity index (χ1n) is 6.80. The van der Waals surface area contributed by atoms with Crippen molar-refractivity contribution in [1.29, 1.82) is 0 Å². The zero-order chi connectivity index (χ0) is 12.3. The lowest BCUT2D eigenvalue weighted by atomic mass is 9.90. The van der Waals surface area contributed by atoms with Crippen LogP contribution in [-0.4, -0.2) is 5.78 Å². The van der Waals surface area contributed by atoms with E-state index in [1.54, 1.807) is 0 Å². The van der Waals surface area contributed by atoms with Crippen molar-refractivity contribution in [2.24, 2.45) is 5.92 Å². The number of hydrogen-bond donors (Lipinski definition) is 0. The zero-order valence-electron chi connectivity index (χ0n) is 11.0. The van der Waals surface area contributed by atoms with Gasteiger partial charge in [0.05, 0.1) is 0 Å². The van der Waals surface area contributed by atoms with Crippen LogP contribution in [0.3, 0.4) is 0 Å². The van der Waals surface area contributed by atoms with E-state index in [1.165, 1.54) is 36.8 Å². The Morgan fingerprint density at radius 2 is 1.65 bits per heavy atom. The van der Waals surface area contributed by atoms with Gasteiger partial charge in [-0.25, -0.2) is 0 Å². The Balaban J connectivity index is 2.14. The number of Topliss-reactive ketones (excluding diaryl/α,β-unsaturated/α-hetero) is 1. The molecule has 0 radical (unpaired) electrons. The third-order valence-corrected chi connectivity index (χ3v) is 4.02. The van der Waals surface area contributed by atoms with Gasteiger partial charge in [0.2, 0.25) is 0 Å². The first-order chi connectivity index (χ1) is 8.18. The summed E-state index contributed by atoms with van der Waals surface area (Å²) in [7, 11) is 0. The lowest BCUT2D eigenvalue weighted by Gasteiger charge is -2.13. The van der Waals surface area contributed by atoms with Crippen LogP contribution in [0.4, 0.5) is 0 Å². The fraction of sp³-hybridized carbons (Fsp3) is 0.562. The molecule has 1 saturated carbocycles. The molecule has 2 rings (SSSR count). The topological polar surface area (TPSA) is 17.1 Å². The maximum Gasteiger partial charge on any atom is 0.165 e. The van der Waals surface area contributed by atoms with E-state index in [0.29, 0.717) is 5.78 Å². The van der Waals surface area contributed by atoms with Crippen LogP contribution in [-0.2, 0) is 0 Å². The Kier molecular flexibility index (Phi) is 3.98. The Morgan fingerprint density at radius 3 is 2.24 bits per heavy atom. The molecule has 0 N–H and O–H groups in total. The van der Waals surface area contributed by atoms with E-state index < -0.39 is 0 Å². The van der Waals surface area contributed by atoms with E-state index in [-0.39, 0.29) is 5.92 Å². The Morgan fingerprint density at radius 1 is 1.00 bits per heavy atom. The minimum absolute atomic E-state index is 0.277. The second-order valence-electron chi connectivity index (χ2n) is 5.35. The third-order valence-electron chi connectivity index (χ3n) is 4.02. The molecule has 1 aromatic carbocycles. The van der Waals surface area contributed by atoms with Crippen molar-refractivity contribution < 1.29 is 4.79 Å². The molecule has 1 aliphatic rings. The van der Waals surface area contributed by atoms with Gasteiger partial charge >= 0.3 is 0 Å². The van der Waals surface area contributed by atoms with Crippen LogP contribution >= 0.6 is 0 Å². The Labute approximate surface area is 104 Å². The summed E-state index contributed by atoms with van der Waals surface area (Å²) in [6, 6.07) is 6.12. The molecule has 0 heterocycles. The number of carbonyl (C=O) groups excluding carboxylic acids is 1. The molecule has 0 spiro atoms. The molecule has 0 saturated heterocycles. The summed E-state index contributed by atoms with van der Waals surface area (Å²) in [4.78, 5) is 12.4. The van der Waals surface area contributed by atoms with E-state index in [2.05, 4.69) is 26.0 Å². The highest BCUT2D eigenvalue weighted by atomic mass is 16.1. The summed E-state index contributed by atoms with van der Waals surface area (Å²) in [5.74, 6) is 0.648. The monoisotopic (exact) mass is 230 g/mol. The zero-order valence-corrected chi connectivity index (χ0v) is 11.0. The van der Waals surface area contributed by atoms with Gasteiger partial charge in [-0.1, -0.05) is 37.8 Å². The largest absolute Gasteiger partial charge is 0.294 e. The molecule has 1 aliphatic carbocycles. The van der Waals surface area contributed by atoms with E-state index >= 15 is 0 Å². The van der Waals surface area contributed by atoms with Crippen LogP contribution in [0.25, 0.3) is 0 Å². The maximum atomic E-state index is 12.4. The second-order valence-corrected chi connectivity index (χ2v) is 5.35. The van der Waals surface area contributed by atoms with Gasteiger partial charge in [0.25, 0.3) is 0 Å². The van der Waals surface area contributed by atoms with Gasteiger partial charge in [0.15, 0.2) is 5.78 Å². The van der Waals surface area contributed by atoms with E-state index in [1.807, 2.05) is 6.07 Å². The summed E-state index contributed by atoms with van der Waals surface area (Å²) in [6.45, 7) is 4.18. The SMILES string of the molecule is Cc1ccc(C(=O)C2CCCCCC2)cc1C. The van der Waals surface area contributed by atoms with Crippen molar-refractivity contribution in [3.05, 3.63) is 34.9 Å². The highest BCUT2D eigenvalue weighted by Crippen LogP contribution is 2.26. The van der Waals surface area contributed by atoms with E-state index in [9.17, 15) is 4.79 Å². The van der Waals surface area contributed by atoms with Crippen LogP contribution in [0.5, 0.6) is 0 Å². The van der Waals surface area contributed by atoms with Crippen molar-refractivity contribution in [2.75, 3.05) is 0 Å². The molecular formula is C16H22O. The highest BCUT2D eigenvalue weighted by Gasteiger charge is 2.21. The average molecular weight is 230 g/mol. The van der Waals surface area contributed by atoms with Crippen LogP contribution in [0.15, 0.2) is 18.2 Å². The van der Waals surface area contributed by atoms with Crippen LogP contribution < -0.4 is 0 Å². The van der Waals surface area contributed by atoms with Gasteiger partial charge in [0.1, 0.15) is 0 Å². The molecule has 1 nitrogen and oxygen atoms in total. The summed E-state index contributed by atoms with van der Waals surface area (Å²) in [6.07, 6.45) is 7.23. The Bertz CT molecular complexity index is 398. The molecule has 0 bridgehead atoms. The number of hydrogen-bond acceptors (Lipinski definition) is 1. The standard InChI is InChI=1S/C16H22O/c1-12-9-10-15(11-13(12)2)16(17)14-7-5-3-4-6-8-14/h9-11,14H,3-8H2,1-2H3. The smallest absolute Gasteiger partial charge is 0.165 e. The van der Waals surface area contributed by atoms with E-state index in [0.717, 1.165) is 18.4 Å². The summed E-state index contributed by atoms with van der Waals surface area (Å²) in [5.41, 5.74) is 3.41. The minimum atomic E-state index is 0.277. The first kappa shape index (κ1) is 12.3. The molecule has 92 valence electrons. The summed E-state index contributed by atoms with van der Waals surface area (Å²) < 4.78 is 0. The van der Waals surface area contributed by atoms with E-state index in [4.69, 9.17) is 0 Å². The summed E-state index contributed by atoms with van der Waals surface area (Å²) in [5, 5.41) is 0. The molecule has 1 fully saturated rings. The molecular weight excluding hydrogens is 208 g/mol. The molecule has 0 atom stereocenters. The molecule has 0 aromatic heterocycles. The highest BCUT2D eigenvalue weighted by molar-refractivity contribution is 5.98. The lowest BCUT2D eigenvalue weighted by Crippen LogP contribution is -2.14. The van der Waals surface area contributed by atoms with Crippen molar-refractivity contribution in [3.8, 4) is 0 Å². The Hall–Kier alpha value is -1.11. The molecule has 0 aliphatic heterocycles. The van der Waals surface area contributed by atoms with Crippen molar-refractivity contribution in [3.63, 3.8) is 0 Å². The number of aryl methyl sites for hydroxylation is 2. The van der Waals surface area contributed by atoms with Crippen molar-refractivity contribution in [1.82, 2.24) is 0 Å². The van der Waals surface area contributed by atoms with Crippen LogP contribution in [0.2, 0.25) is 0 Å². The van der Waals surface area contributed by atoms with Gasteiger partial charge in [-0.3, -0.25) is 4.79 Å². The third kappa shape index (κ3) is 2.96. The quantitative estimate of drug-likeness (QED) is 0.541. The van der Waals surface area contributed by atoms with Gasteiger partial charge in [0, 0.05) is 11.5 Å². The molecule has 1 aromatic rings. The van der Waals surface area contributed by atoms with Crippen molar-refractivity contribution >= 4 is 5.78 Å².